The number of rotatable bonds is 5. The summed E-state index contributed by atoms with van der Waals surface area (Å²) in [5, 5.41) is 6.35. The Morgan fingerprint density at radius 3 is 2.85 bits per heavy atom. The number of hydrogen-bond acceptors (Lipinski definition) is 2. The number of halogens is 1. The van der Waals surface area contributed by atoms with Gasteiger partial charge >= 0.3 is 0 Å². The summed E-state index contributed by atoms with van der Waals surface area (Å²) in [7, 11) is 0. The molecular formula is C16H23FN2O. The molecule has 1 aromatic carbocycles. The van der Waals surface area contributed by atoms with Crippen LogP contribution in [0.2, 0.25) is 0 Å². The highest BCUT2D eigenvalue weighted by Gasteiger charge is 2.22. The Hall–Kier alpha value is -1.42. The van der Waals surface area contributed by atoms with Gasteiger partial charge in [0.15, 0.2) is 0 Å². The van der Waals surface area contributed by atoms with Crippen LogP contribution in [0.15, 0.2) is 24.3 Å². The molecular weight excluding hydrogens is 255 g/mol. The molecule has 4 heteroatoms. The molecule has 1 saturated heterocycles. The average molecular weight is 278 g/mol. The van der Waals surface area contributed by atoms with Crippen LogP contribution in [0.25, 0.3) is 0 Å². The van der Waals surface area contributed by atoms with Gasteiger partial charge in [0, 0.05) is 19.0 Å². The van der Waals surface area contributed by atoms with E-state index < -0.39 is 0 Å². The first-order valence-corrected chi connectivity index (χ1v) is 7.39. The fourth-order valence-electron chi connectivity index (χ4n) is 2.66. The zero-order valence-electron chi connectivity index (χ0n) is 12.0. The number of carbonyl (C=O) groups excluding carboxylic acids is 1. The second-order valence-electron chi connectivity index (χ2n) is 5.61. The van der Waals surface area contributed by atoms with Crippen molar-refractivity contribution in [1.82, 2.24) is 10.6 Å². The van der Waals surface area contributed by atoms with E-state index in [1.54, 1.807) is 12.1 Å². The largest absolute Gasteiger partial charge is 0.356 e. The lowest BCUT2D eigenvalue weighted by Crippen LogP contribution is -2.43. The Bertz CT molecular complexity index is 433. The zero-order valence-corrected chi connectivity index (χ0v) is 12.0. The fraction of sp³-hybridized carbons (Fsp3) is 0.562. The van der Waals surface area contributed by atoms with E-state index in [1.165, 1.54) is 25.0 Å². The summed E-state index contributed by atoms with van der Waals surface area (Å²) in [6, 6.07) is 6.71. The van der Waals surface area contributed by atoms with Crippen molar-refractivity contribution in [2.45, 2.75) is 38.6 Å². The van der Waals surface area contributed by atoms with Gasteiger partial charge in [0.1, 0.15) is 5.82 Å². The highest BCUT2D eigenvalue weighted by molar-refractivity contribution is 5.76. The van der Waals surface area contributed by atoms with Gasteiger partial charge in [-0.3, -0.25) is 4.79 Å². The van der Waals surface area contributed by atoms with Crippen LogP contribution in [0.3, 0.4) is 0 Å². The third-order valence-electron chi connectivity index (χ3n) is 3.98. The summed E-state index contributed by atoms with van der Waals surface area (Å²) >= 11 is 0. The lowest BCUT2D eigenvalue weighted by Gasteiger charge is -2.29. The zero-order chi connectivity index (χ0) is 14.4. The molecule has 20 heavy (non-hydrogen) atoms. The molecule has 0 saturated carbocycles. The van der Waals surface area contributed by atoms with E-state index in [2.05, 4.69) is 17.6 Å². The first kappa shape index (κ1) is 15.0. The van der Waals surface area contributed by atoms with Crippen molar-refractivity contribution >= 4 is 5.91 Å². The van der Waals surface area contributed by atoms with E-state index in [0.717, 1.165) is 18.5 Å². The van der Waals surface area contributed by atoms with Crippen molar-refractivity contribution in [1.29, 1.82) is 0 Å². The van der Waals surface area contributed by atoms with E-state index in [-0.39, 0.29) is 11.7 Å². The van der Waals surface area contributed by atoms with Crippen LogP contribution < -0.4 is 10.6 Å². The van der Waals surface area contributed by atoms with Crippen LogP contribution in [-0.4, -0.2) is 25.0 Å². The highest BCUT2D eigenvalue weighted by Crippen LogP contribution is 2.17. The molecule has 2 atom stereocenters. The van der Waals surface area contributed by atoms with Crippen LogP contribution in [0.5, 0.6) is 0 Å². The Morgan fingerprint density at radius 1 is 1.40 bits per heavy atom. The molecule has 0 bridgehead atoms. The molecule has 0 aliphatic carbocycles. The normalized spacial score (nSPS) is 22.5. The summed E-state index contributed by atoms with van der Waals surface area (Å²) in [6.07, 6.45) is 3.68. The van der Waals surface area contributed by atoms with Gasteiger partial charge in [-0.2, -0.15) is 0 Å². The minimum absolute atomic E-state index is 0.0957. The molecule has 2 unspecified atom stereocenters. The maximum Gasteiger partial charge on any atom is 0.221 e. The number of nitrogens with one attached hydrogen (secondary N) is 2. The van der Waals surface area contributed by atoms with E-state index in [9.17, 15) is 9.18 Å². The third kappa shape index (κ3) is 4.60. The van der Waals surface area contributed by atoms with Gasteiger partial charge < -0.3 is 10.6 Å². The van der Waals surface area contributed by atoms with Crippen LogP contribution in [-0.2, 0) is 11.2 Å². The molecule has 1 amide bonds. The number of benzene rings is 1. The monoisotopic (exact) mass is 278 g/mol. The van der Waals surface area contributed by atoms with Crippen molar-refractivity contribution in [3.63, 3.8) is 0 Å². The van der Waals surface area contributed by atoms with Crippen molar-refractivity contribution in [3.8, 4) is 0 Å². The third-order valence-corrected chi connectivity index (χ3v) is 3.98. The Labute approximate surface area is 120 Å². The number of hydrogen-bond donors (Lipinski definition) is 2. The summed E-state index contributed by atoms with van der Waals surface area (Å²) in [5.74, 6) is 0.431. The minimum Gasteiger partial charge on any atom is -0.356 e. The molecule has 0 aromatic heterocycles. The van der Waals surface area contributed by atoms with E-state index >= 15 is 0 Å². The molecule has 0 spiro atoms. The van der Waals surface area contributed by atoms with Crippen LogP contribution in [0, 0.1) is 11.7 Å². The Kier molecular flexibility index (Phi) is 5.53. The summed E-state index contributed by atoms with van der Waals surface area (Å²) < 4.78 is 12.8. The Morgan fingerprint density at radius 2 is 2.15 bits per heavy atom. The van der Waals surface area contributed by atoms with Crippen molar-refractivity contribution in [3.05, 3.63) is 35.6 Å². The highest BCUT2D eigenvalue weighted by atomic mass is 19.1. The molecule has 2 N–H and O–H groups in total. The maximum atomic E-state index is 12.8. The second-order valence-corrected chi connectivity index (χ2v) is 5.61. The Balaban J connectivity index is 1.68. The molecule has 2 rings (SSSR count). The average Bonchev–Trinajstić information content (AvgIpc) is 2.44. The lowest BCUT2D eigenvalue weighted by molar-refractivity contribution is -0.121. The fourth-order valence-corrected chi connectivity index (χ4v) is 2.66. The lowest BCUT2D eigenvalue weighted by atomic mass is 9.90. The van der Waals surface area contributed by atoms with Gasteiger partial charge in [0.05, 0.1) is 0 Å². The predicted octanol–water partition coefficient (Wildman–Crippen LogP) is 2.26. The SMILES string of the molecule is CC1CCCNC1CC(=O)NCCc1ccc(F)cc1. The number of amides is 1. The van der Waals surface area contributed by atoms with Gasteiger partial charge in [-0.25, -0.2) is 4.39 Å². The van der Waals surface area contributed by atoms with Crippen molar-refractivity contribution in [2.24, 2.45) is 5.92 Å². The molecule has 110 valence electrons. The van der Waals surface area contributed by atoms with E-state index in [1.807, 2.05) is 0 Å². The second kappa shape index (κ2) is 7.39. The number of piperidine rings is 1. The first-order chi connectivity index (χ1) is 9.65. The molecule has 1 fully saturated rings. The van der Waals surface area contributed by atoms with Gasteiger partial charge in [-0.15, -0.1) is 0 Å². The standard InChI is InChI=1S/C16H23FN2O/c1-12-3-2-9-18-15(12)11-16(20)19-10-8-13-4-6-14(17)7-5-13/h4-7,12,15,18H,2-3,8-11H2,1H3,(H,19,20). The topological polar surface area (TPSA) is 41.1 Å². The van der Waals surface area contributed by atoms with Crippen LogP contribution in [0.1, 0.15) is 31.7 Å². The predicted molar refractivity (Wildman–Crippen MR) is 77.9 cm³/mol. The molecule has 3 nitrogen and oxygen atoms in total. The van der Waals surface area contributed by atoms with Crippen LogP contribution >= 0.6 is 0 Å². The smallest absolute Gasteiger partial charge is 0.221 e. The summed E-state index contributed by atoms with van der Waals surface area (Å²) in [4.78, 5) is 11.9. The van der Waals surface area contributed by atoms with Crippen LogP contribution in [0.4, 0.5) is 4.39 Å². The maximum absolute atomic E-state index is 12.8. The first-order valence-electron chi connectivity index (χ1n) is 7.39. The molecule has 1 aromatic rings. The van der Waals surface area contributed by atoms with E-state index in [4.69, 9.17) is 0 Å². The summed E-state index contributed by atoms with van der Waals surface area (Å²) in [5.41, 5.74) is 1.04. The van der Waals surface area contributed by atoms with Crippen molar-refractivity contribution in [2.75, 3.05) is 13.1 Å². The quantitative estimate of drug-likeness (QED) is 0.867. The van der Waals surface area contributed by atoms with E-state index in [0.29, 0.717) is 24.9 Å². The molecule has 1 aliphatic rings. The number of carbonyl (C=O) groups is 1. The van der Waals surface area contributed by atoms with Gasteiger partial charge in [-0.1, -0.05) is 19.1 Å². The molecule has 1 heterocycles. The van der Waals surface area contributed by atoms with Gasteiger partial charge in [0.2, 0.25) is 5.91 Å². The summed E-state index contributed by atoms with van der Waals surface area (Å²) in [6.45, 7) is 3.81. The van der Waals surface area contributed by atoms with Gasteiger partial charge in [0.25, 0.3) is 0 Å². The minimum atomic E-state index is -0.227. The van der Waals surface area contributed by atoms with Gasteiger partial charge in [-0.05, 0) is 49.4 Å². The molecule has 1 aliphatic heterocycles. The molecule has 0 radical (unpaired) electrons. The van der Waals surface area contributed by atoms with Crippen molar-refractivity contribution < 1.29 is 9.18 Å².